The molecule has 0 spiro atoms. The lowest BCUT2D eigenvalue weighted by Gasteiger charge is -2.12. The third-order valence-corrected chi connectivity index (χ3v) is 4.83. The number of benzene rings is 2. The molecule has 0 fully saturated rings. The van der Waals surface area contributed by atoms with Gasteiger partial charge in [-0.15, -0.1) is 0 Å². The van der Waals surface area contributed by atoms with Gasteiger partial charge in [0.1, 0.15) is 5.52 Å². The summed E-state index contributed by atoms with van der Waals surface area (Å²) in [5.41, 5.74) is 4.07. The lowest BCUT2D eigenvalue weighted by Crippen LogP contribution is -2.36. The van der Waals surface area contributed by atoms with Gasteiger partial charge in [-0.05, 0) is 54.0 Å². The standard InChI is InChI=1S/C21H22ClN3O2S/c1-11(2)13-6-8-18-17(9-13)23-20(27-18)14-5-7-15(22)16(10-14)24-21(28)25-19(26)12(3)4/h5-12H,1-4H3,(H2,24,25,26,28). The number of oxazole rings is 1. The third-order valence-electron chi connectivity index (χ3n) is 4.30. The summed E-state index contributed by atoms with van der Waals surface area (Å²) in [5, 5.41) is 6.26. The number of hydrogen-bond acceptors (Lipinski definition) is 4. The minimum atomic E-state index is -0.169. The summed E-state index contributed by atoms with van der Waals surface area (Å²) in [6.45, 7) is 7.87. The van der Waals surface area contributed by atoms with E-state index in [1.807, 2.05) is 24.3 Å². The molecule has 146 valence electrons. The van der Waals surface area contributed by atoms with Crippen LogP contribution in [0.1, 0.15) is 39.2 Å². The summed E-state index contributed by atoms with van der Waals surface area (Å²) in [4.78, 5) is 16.4. The van der Waals surface area contributed by atoms with E-state index in [0.717, 1.165) is 16.7 Å². The maximum atomic E-state index is 11.8. The van der Waals surface area contributed by atoms with Crippen LogP contribution < -0.4 is 10.6 Å². The Hall–Kier alpha value is -2.44. The zero-order valence-electron chi connectivity index (χ0n) is 16.2. The molecule has 3 rings (SSSR count). The van der Waals surface area contributed by atoms with Crippen LogP contribution in [0.5, 0.6) is 0 Å². The molecular weight excluding hydrogens is 394 g/mol. The highest BCUT2D eigenvalue weighted by Crippen LogP contribution is 2.31. The first-order chi connectivity index (χ1) is 13.2. The highest BCUT2D eigenvalue weighted by molar-refractivity contribution is 7.80. The topological polar surface area (TPSA) is 67.2 Å². The van der Waals surface area contributed by atoms with Crippen LogP contribution in [-0.4, -0.2) is 16.0 Å². The predicted molar refractivity (Wildman–Crippen MR) is 118 cm³/mol. The zero-order valence-corrected chi connectivity index (χ0v) is 17.7. The summed E-state index contributed by atoms with van der Waals surface area (Å²) in [5.74, 6) is 0.576. The largest absolute Gasteiger partial charge is 0.436 e. The Morgan fingerprint density at radius 2 is 1.89 bits per heavy atom. The van der Waals surface area contributed by atoms with Gasteiger partial charge in [-0.1, -0.05) is 45.4 Å². The van der Waals surface area contributed by atoms with Gasteiger partial charge in [0, 0.05) is 11.5 Å². The smallest absolute Gasteiger partial charge is 0.228 e. The normalized spacial score (nSPS) is 11.2. The summed E-state index contributed by atoms with van der Waals surface area (Å²) >= 11 is 11.5. The summed E-state index contributed by atoms with van der Waals surface area (Å²) in [6.07, 6.45) is 0. The molecule has 0 saturated heterocycles. The number of carbonyl (C=O) groups excluding carboxylic acids is 1. The van der Waals surface area contributed by atoms with Gasteiger partial charge < -0.3 is 15.1 Å². The van der Waals surface area contributed by atoms with Gasteiger partial charge in [-0.25, -0.2) is 4.98 Å². The second-order valence-corrected chi connectivity index (χ2v) is 8.01. The van der Waals surface area contributed by atoms with Crippen LogP contribution in [0.15, 0.2) is 40.8 Å². The molecule has 28 heavy (non-hydrogen) atoms. The Morgan fingerprint density at radius 1 is 1.14 bits per heavy atom. The first-order valence-corrected chi connectivity index (χ1v) is 9.85. The van der Waals surface area contributed by atoms with Crippen molar-refractivity contribution in [3.8, 4) is 11.5 Å². The van der Waals surface area contributed by atoms with Crippen molar-refractivity contribution in [1.82, 2.24) is 10.3 Å². The van der Waals surface area contributed by atoms with E-state index in [9.17, 15) is 4.79 Å². The molecule has 0 unspecified atom stereocenters. The Kier molecular flexibility index (Phi) is 6.01. The van der Waals surface area contributed by atoms with Crippen LogP contribution in [0.25, 0.3) is 22.6 Å². The van der Waals surface area contributed by atoms with Gasteiger partial charge in [-0.2, -0.15) is 0 Å². The van der Waals surface area contributed by atoms with Crippen molar-refractivity contribution in [2.45, 2.75) is 33.6 Å². The van der Waals surface area contributed by atoms with E-state index in [1.165, 1.54) is 5.56 Å². The Morgan fingerprint density at radius 3 is 2.57 bits per heavy atom. The van der Waals surface area contributed by atoms with Crippen molar-refractivity contribution in [2.24, 2.45) is 5.92 Å². The average Bonchev–Trinajstić information content (AvgIpc) is 3.06. The van der Waals surface area contributed by atoms with Crippen molar-refractivity contribution >= 4 is 51.6 Å². The molecule has 0 radical (unpaired) electrons. The van der Waals surface area contributed by atoms with Crippen molar-refractivity contribution in [3.63, 3.8) is 0 Å². The predicted octanol–water partition coefficient (Wildman–Crippen LogP) is 5.74. The number of carbonyl (C=O) groups is 1. The van der Waals surface area contributed by atoms with E-state index in [4.69, 9.17) is 28.2 Å². The Balaban J connectivity index is 1.87. The number of thiocarbonyl (C=S) groups is 1. The number of fused-ring (bicyclic) bond motifs is 1. The van der Waals surface area contributed by atoms with Gasteiger partial charge in [-0.3, -0.25) is 4.79 Å². The lowest BCUT2D eigenvalue weighted by atomic mass is 10.0. The molecule has 1 heterocycles. The number of aromatic nitrogens is 1. The highest BCUT2D eigenvalue weighted by Gasteiger charge is 2.14. The summed E-state index contributed by atoms with van der Waals surface area (Å²) in [6, 6.07) is 11.4. The van der Waals surface area contributed by atoms with Crippen LogP contribution in [-0.2, 0) is 4.79 Å². The number of nitrogens with zero attached hydrogens (tertiary/aromatic N) is 1. The van der Waals surface area contributed by atoms with Crippen LogP contribution in [0.3, 0.4) is 0 Å². The number of hydrogen-bond donors (Lipinski definition) is 2. The van der Waals surface area contributed by atoms with Crippen LogP contribution >= 0.6 is 23.8 Å². The average molecular weight is 416 g/mol. The minimum Gasteiger partial charge on any atom is -0.436 e. The molecular formula is C21H22ClN3O2S. The maximum Gasteiger partial charge on any atom is 0.228 e. The molecule has 1 aromatic heterocycles. The molecule has 0 atom stereocenters. The maximum absolute atomic E-state index is 11.8. The van der Waals surface area contributed by atoms with E-state index < -0.39 is 0 Å². The van der Waals surface area contributed by atoms with Crippen molar-refractivity contribution in [3.05, 3.63) is 47.0 Å². The minimum absolute atomic E-state index is 0.162. The molecule has 3 aromatic rings. The van der Waals surface area contributed by atoms with E-state index in [1.54, 1.807) is 26.0 Å². The monoisotopic (exact) mass is 415 g/mol. The molecule has 5 nitrogen and oxygen atoms in total. The second-order valence-electron chi connectivity index (χ2n) is 7.19. The number of nitrogens with one attached hydrogen (secondary N) is 2. The number of amides is 1. The highest BCUT2D eigenvalue weighted by atomic mass is 35.5. The van der Waals surface area contributed by atoms with E-state index in [0.29, 0.717) is 22.5 Å². The number of halogens is 1. The summed E-state index contributed by atoms with van der Waals surface area (Å²) in [7, 11) is 0. The van der Waals surface area contributed by atoms with Gasteiger partial charge in [0.25, 0.3) is 0 Å². The Labute approximate surface area is 174 Å². The molecule has 0 aliphatic carbocycles. The first kappa shape index (κ1) is 20.3. The quantitative estimate of drug-likeness (QED) is 0.532. The van der Waals surface area contributed by atoms with Crippen molar-refractivity contribution in [2.75, 3.05) is 5.32 Å². The lowest BCUT2D eigenvalue weighted by molar-refractivity contribution is -0.122. The third kappa shape index (κ3) is 4.51. The van der Waals surface area contributed by atoms with Crippen molar-refractivity contribution < 1.29 is 9.21 Å². The Bertz CT molecular complexity index is 1040. The second kappa shape index (κ2) is 8.29. The zero-order chi connectivity index (χ0) is 20.4. The number of rotatable bonds is 4. The molecule has 0 saturated carbocycles. The molecule has 0 aliphatic heterocycles. The van der Waals surface area contributed by atoms with Crippen LogP contribution in [0.4, 0.5) is 5.69 Å². The van der Waals surface area contributed by atoms with Gasteiger partial charge in [0.05, 0.1) is 10.7 Å². The van der Waals surface area contributed by atoms with E-state index in [2.05, 4.69) is 29.5 Å². The number of anilines is 1. The van der Waals surface area contributed by atoms with Crippen LogP contribution in [0, 0.1) is 5.92 Å². The molecule has 2 N–H and O–H groups in total. The molecule has 0 aliphatic rings. The summed E-state index contributed by atoms with van der Waals surface area (Å²) < 4.78 is 5.90. The SMILES string of the molecule is CC(C)C(=O)NC(=S)Nc1cc(-c2nc3cc(C(C)C)ccc3o2)ccc1Cl. The molecule has 1 amide bonds. The fourth-order valence-electron chi connectivity index (χ4n) is 2.59. The van der Waals surface area contributed by atoms with E-state index >= 15 is 0 Å². The van der Waals surface area contributed by atoms with Crippen LogP contribution in [0.2, 0.25) is 5.02 Å². The molecule has 0 bridgehead atoms. The van der Waals surface area contributed by atoms with Crippen molar-refractivity contribution in [1.29, 1.82) is 0 Å². The fourth-order valence-corrected chi connectivity index (χ4v) is 2.97. The fraction of sp³-hybridized carbons (Fsp3) is 0.286. The first-order valence-electron chi connectivity index (χ1n) is 9.07. The van der Waals surface area contributed by atoms with Gasteiger partial charge in [0.2, 0.25) is 11.8 Å². The molecule has 2 aromatic carbocycles. The molecule has 7 heteroatoms. The van der Waals surface area contributed by atoms with Gasteiger partial charge in [0.15, 0.2) is 10.7 Å². The van der Waals surface area contributed by atoms with Gasteiger partial charge >= 0.3 is 0 Å². The van der Waals surface area contributed by atoms with E-state index in [-0.39, 0.29) is 16.9 Å².